The number of rotatable bonds is 4. The minimum atomic E-state index is -0.452. The Balaban J connectivity index is 1.70. The van der Waals surface area contributed by atoms with Crippen molar-refractivity contribution >= 4 is 0 Å². The first-order chi connectivity index (χ1) is 15.0. The molecule has 0 bridgehead atoms. The Morgan fingerprint density at radius 2 is 1.10 bits per heavy atom. The van der Waals surface area contributed by atoms with Crippen molar-refractivity contribution < 1.29 is 0 Å². The van der Waals surface area contributed by atoms with Crippen LogP contribution < -0.4 is 0 Å². The molecule has 0 spiro atoms. The largest absolute Gasteiger partial charge is 0.252 e. The van der Waals surface area contributed by atoms with Crippen molar-refractivity contribution in [3.8, 4) is 34.7 Å². The molecule has 6 heteroatoms. The van der Waals surface area contributed by atoms with Crippen LogP contribution in [0.25, 0.3) is 22.5 Å². The molecule has 4 aromatic heterocycles. The van der Waals surface area contributed by atoms with Crippen LogP contribution in [0, 0.1) is 22.7 Å². The number of aromatic nitrogens is 4. The van der Waals surface area contributed by atoms with Gasteiger partial charge in [0, 0.05) is 28.9 Å². The fourth-order valence-electron chi connectivity index (χ4n) is 3.24. The van der Waals surface area contributed by atoms with Gasteiger partial charge < -0.3 is 0 Å². The summed E-state index contributed by atoms with van der Waals surface area (Å²) < 4.78 is 0. The van der Waals surface area contributed by atoms with Crippen LogP contribution in [0.2, 0.25) is 0 Å². The van der Waals surface area contributed by atoms with Gasteiger partial charge in [0.25, 0.3) is 0 Å². The van der Waals surface area contributed by atoms with Crippen LogP contribution in [0.4, 0.5) is 0 Å². The maximum absolute atomic E-state index is 8.95. The SMILES string of the molecule is CC(C)(c1cccc(-c2ccc(C#N)nc2)n1)c1cccc(-c2ccc(C#N)nc2)n1. The highest BCUT2D eigenvalue weighted by atomic mass is 14.8. The van der Waals surface area contributed by atoms with Gasteiger partial charge in [-0.3, -0.25) is 9.97 Å². The van der Waals surface area contributed by atoms with Crippen molar-refractivity contribution in [1.82, 2.24) is 19.9 Å². The quantitative estimate of drug-likeness (QED) is 0.492. The monoisotopic (exact) mass is 402 g/mol. The van der Waals surface area contributed by atoms with Crippen LogP contribution >= 0.6 is 0 Å². The topological polar surface area (TPSA) is 99.1 Å². The van der Waals surface area contributed by atoms with Gasteiger partial charge in [0.05, 0.1) is 22.8 Å². The molecular weight excluding hydrogens is 384 g/mol. The van der Waals surface area contributed by atoms with Crippen molar-refractivity contribution in [2.45, 2.75) is 19.3 Å². The Labute approximate surface area is 180 Å². The molecule has 0 saturated carbocycles. The van der Waals surface area contributed by atoms with Gasteiger partial charge in [0.15, 0.2) is 0 Å². The van der Waals surface area contributed by atoms with Crippen LogP contribution in [-0.4, -0.2) is 19.9 Å². The summed E-state index contributed by atoms with van der Waals surface area (Å²) in [4.78, 5) is 18.0. The molecule has 0 aromatic carbocycles. The van der Waals surface area contributed by atoms with Crippen LogP contribution in [0.3, 0.4) is 0 Å². The smallest absolute Gasteiger partial charge is 0.140 e. The summed E-state index contributed by atoms with van der Waals surface area (Å²) in [6.07, 6.45) is 3.32. The van der Waals surface area contributed by atoms with Crippen molar-refractivity contribution in [3.63, 3.8) is 0 Å². The molecule has 0 amide bonds. The Morgan fingerprint density at radius 1 is 0.645 bits per heavy atom. The van der Waals surface area contributed by atoms with Crippen LogP contribution in [0.1, 0.15) is 36.6 Å². The van der Waals surface area contributed by atoms with Crippen molar-refractivity contribution in [2.75, 3.05) is 0 Å². The summed E-state index contributed by atoms with van der Waals surface area (Å²) in [5, 5.41) is 17.9. The van der Waals surface area contributed by atoms with Crippen LogP contribution in [0.15, 0.2) is 73.1 Å². The number of hydrogen-bond donors (Lipinski definition) is 0. The maximum atomic E-state index is 8.95. The third-order valence-electron chi connectivity index (χ3n) is 5.13. The van der Waals surface area contributed by atoms with E-state index in [1.807, 2.05) is 60.7 Å². The normalized spacial score (nSPS) is 10.8. The molecule has 0 radical (unpaired) electrons. The van der Waals surface area contributed by atoms with E-state index in [9.17, 15) is 0 Å². The molecule has 0 N–H and O–H groups in total. The second kappa shape index (κ2) is 8.14. The van der Waals surface area contributed by atoms with Gasteiger partial charge in [0.2, 0.25) is 0 Å². The summed E-state index contributed by atoms with van der Waals surface area (Å²) in [5.41, 5.74) is 5.31. The highest BCUT2D eigenvalue weighted by Crippen LogP contribution is 2.31. The van der Waals surface area contributed by atoms with Crippen LogP contribution in [-0.2, 0) is 5.41 Å². The zero-order valence-electron chi connectivity index (χ0n) is 17.1. The Morgan fingerprint density at radius 3 is 1.45 bits per heavy atom. The lowest BCUT2D eigenvalue weighted by atomic mass is 9.84. The van der Waals surface area contributed by atoms with Crippen molar-refractivity contribution in [2.24, 2.45) is 0 Å². The molecule has 4 aromatic rings. The fourth-order valence-corrected chi connectivity index (χ4v) is 3.24. The standard InChI is InChI=1S/C25H18N6/c1-25(2,23-7-3-5-21(30-23)17-9-11-19(13-26)28-15-17)24-8-4-6-22(31-24)18-10-12-20(14-27)29-16-18/h3-12,15-16H,1-2H3. The molecule has 4 rings (SSSR count). The molecule has 0 atom stereocenters. The van der Waals surface area contributed by atoms with Gasteiger partial charge in [-0.05, 0) is 62.4 Å². The second-order valence-corrected chi connectivity index (χ2v) is 7.53. The van der Waals surface area contributed by atoms with Gasteiger partial charge in [-0.1, -0.05) is 12.1 Å². The minimum Gasteiger partial charge on any atom is -0.252 e. The highest BCUT2D eigenvalue weighted by molar-refractivity contribution is 5.60. The van der Waals surface area contributed by atoms with Gasteiger partial charge in [0.1, 0.15) is 23.5 Å². The first-order valence-electron chi connectivity index (χ1n) is 9.69. The Bertz CT molecular complexity index is 1210. The molecule has 4 heterocycles. The van der Waals surface area contributed by atoms with E-state index >= 15 is 0 Å². The molecule has 0 unspecified atom stereocenters. The maximum Gasteiger partial charge on any atom is 0.140 e. The molecular formula is C25H18N6. The lowest BCUT2D eigenvalue weighted by Crippen LogP contribution is -2.22. The molecule has 148 valence electrons. The summed E-state index contributed by atoms with van der Waals surface area (Å²) in [6, 6.07) is 22.9. The third-order valence-corrected chi connectivity index (χ3v) is 5.13. The molecule has 0 aliphatic carbocycles. The molecule has 0 fully saturated rings. The van der Waals surface area contributed by atoms with E-state index in [0.717, 1.165) is 33.9 Å². The van der Waals surface area contributed by atoms with E-state index < -0.39 is 5.41 Å². The van der Waals surface area contributed by atoms with E-state index in [0.29, 0.717) is 11.4 Å². The summed E-state index contributed by atoms with van der Waals surface area (Å²) in [5.74, 6) is 0. The number of nitrogens with zero attached hydrogens (tertiary/aromatic N) is 6. The summed E-state index contributed by atoms with van der Waals surface area (Å²) in [6.45, 7) is 4.17. The van der Waals surface area contributed by atoms with Gasteiger partial charge in [-0.25, -0.2) is 9.97 Å². The van der Waals surface area contributed by atoms with Gasteiger partial charge in [-0.2, -0.15) is 10.5 Å². The highest BCUT2D eigenvalue weighted by Gasteiger charge is 2.27. The molecule has 0 saturated heterocycles. The zero-order valence-corrected chi connectivity index (χ0v) is 17.1. The predicted octanol–water partition coefficient (Wildman–Crippen LogP) is 4.67. The minimum absolute atomic E-state index is 0.374. The van der Waals surface area contributed by atoms with Gasteiger partial charge in [-0.15, -0.1) is 0 Å². The van der Waals surface area contributed by atoms with E-state index in [2.05, 4.69) is 23.8 Å². The number of pyridine rings is 4. The molecule has 0 aliphatic rings. The third kappa shape index (κ3) is 4.01. The molecule has 6 nitrogen and oxygen atoms in total. The average Bonchev–Trinajstić information content (AvgIpc) is 2.84. The lowest BCUT2D eigenvalue weighted by Gasteiger charge is -2.24. The van der Waals surface area contributed by atoms with E-state index in [1.54, 1.807) is 24.5 Å². The van der Waals surface area contributed by atoms with Crippen molar-refractivity contribution in [1.29, 1.82) is 10.5 Å². The average molecular weight is 402 g/mol. The summed E-state index contributed by atoms with van der Waals surface area (Å²) >= 11 is 0. The van der Waals surface area contributed by atoms with Crippen LogP contribution in [0.5, 0.6) is 0 Å². The fraction of sp³-hybridized carbons (Fsp3) is 0.120. The number of nitriles is 2. The first-order valence-corrected chi connectivity index (χ1v) is 9.69. The second-order valence-electron chi connectivity index (χ2n) is 7.53. The Kier molecular flexibility index (Phi) is 5.22. The summed E-state index contributed by atoms with van der Waals surface area (Å²) in [7, 11) is 0. The van der Waals surface area contributed by atoms with E-state index in [1.165, 1.54) is 0 Å². The lowest BCUT2D eigenvalue weighted by molar-refractivity contribution is 0.597. The molecule has 31 heavy (non-hydrogen) atoms. The van der Waals surface area contributed by atoms with E-state index in [-0.39, 0.29) is 0 Å². The Hall–Kier alpha value is -4.42. The van der Waals surface area contributed by atoms with Crippen molar-refractivity contribution in [3.05, 3.63) is 95.8 Å². The first kappa shape index (κ1) is 19.9. The predicted molar refractivity (Wildman–Crippen MR) is 116 cm³/mol. The van der Waals surface area contributed by atoms with Gasteiger partial charge >= 0.3 is 0 Å². The zero-order chi connectivity index (χ0) is 21.8. The molecule has 0 aliphatic heterocycles. The van der Waals surface area contributed by atoms with E-state index in [4.69, 9.17) is 20.5 Å². The number of hydrogen-bond acceptors (Lipinski definition) is 6.